The molecule has 2 rings (SSSR count). The summed E-state index contributed by atoms with van der Waals surface area (Å²) in [4.78, 5) is 14.9. The van der Waals surface area contributed by atoms with Crippen molar-refractivity contribution in [3.63, 3.8) is 0 Å². The zero-order chi connectivity index (χ0) is 10.8. The van der Waals surface area contributed by atoms with Gasteiger partial charge in [-0.15, -0.1) is 0 Å². The number of carboxylic acids is 1. The van der Waals surface area contributed by atoms with Crippen molar-refractivity contribution in [2.75, 3.05) is 0 Å². The number of para-hydroxylation sites is 1. The van der Waals surface area contributed by atoms with Crippen molar-refractivity contribution in [3.8, 4) is 0 Å². The van der Waals surface area contributed by atoms with Crippen molar-refractivity contribution in [1.82, 2.24) is 4.98 Å². The molecule has 0 aliphatic heterocycles. The van der Waals surface area contributed by atoms with Crippen molar-refractivity contribution in [3.05, 3.63) is 40.5 Å². The van der Waals surface area contributed by atoms with Crippen LogP contribution in [0.5, 0.6) is 0 Å². The van der Waals surface area contributed by atoms with Crippen LogP contribution >= 0.6 is 15.9 Å². The molecule has 0 amide bonds. The predicted octanol–water partition coefficient (Wildman–Crippen LogP) is 2.62. The standard InChI is InChI=1S/C11H8BrNO2/c12-11-8(6-10(14)15)5-7-3-1-2-4-9(7)13-11/h1-5H,6H2,(H,14,15). The van der Waals surface area contributed by atoms with Crippen LogP contribution in [0.1, 0.15) is 5.56 Å². The molecule has 1 aromatic carbocycles. The van der Waals surface area contributed by atoms with E-state index < -0.39 is 5.97 Å². The molecule has 0 radical (unpaired) electrons. The Hall–Kier alpha value is -1.42. The summed E-state index contributed by atoms with van der Waals surface area (Å²) in [5, 5.41) is 9.67. The summed E-state index contributed by atoms with van der Waals surface area (Å²) in [6.07, 6.45) is -0.0155. The molecule has 0 aliphatic rings. The van der Waals surface area contributed by atoms with Crippen LogP contribution in [-0.2, 0) is 11.2 Å². The van der Waals surface area contributed by atoms with Gasteiger partial charge in [-0.3, -0.25) is 4.79 Å². The van der Waals surface area contributed by atoms with E-state index in [1.165, 1.54) is 0 Å². The summed E-state index contributed by atoms with van der Waals surface area (Å²) in [5.74, 6) is -0.854. The Morgan fingerprint density at radius 3 is 2.87 bits per heavy atom. The molecule has 4 heteroatoms. The van der Waals surface area contributed by atoms with Gasteiger partial charge < -0.3 is 5.11 Å². The maximum Gasteiger partial charge on any atom is 0.307 e. The molecule has 0 saturated heterocycles. The zero-order valence-electron chi connectivity index (χ0n) is 7.77. The Morgan fingerprint density at radius 2 is 2.13 bits per heavy atom. The highest BCUT2D eigenvalue weighted by Gasteiger charge is 2.07. The molecular formula is C11H8BrNO2. The average Bonchev–Trinajstić information content (AvgIpc) is 2.18. The van der Waals surface area contributed by atoms with Crippen molar-refractivity contribution in [1.29, 1.82) is 0 Å². The second-order valence-corrected chi connectivity index (χ2v) is 3.95. The molecule has 1 aromatic heterocycles. The van der Waals surface area contributed by atoms with E-state index in [0.717, 1.165) is 10.9 Å². The number of hydrogen-bond acceptors (Lipinski definition) is 2. The Kier molecular flexibility index (Phi) is 2.68. The molecule has 0 saturated carbocycles. The van der Waals surface area contributed by atoms with Gasteiger partial charge in [0.15, 0.2) is 0 Å². The first-order chi connectivity index (χ1) is 7.16. The SMILES string of the molecule is O=C(O)Cc1cc2ccccc2nc1Br. The maximum absolute atomic E-state index is 10.6. The molecular weight excluding hydrogens is 258 g/mol. The van der Waals surface area contributed by atoms with E-state index in [1.807, 2.05) is 30.3 Å². The molecule has 0 spiro atoms. The Labute approximate surface area is 94.9 Å². The van der Waals surface area contributed by atoms with E-state index in [4.69, 9.17) is 5.11 Å². The number of fused-ring (bicyclic) bond motifs is 1. The number of carboxylic acid groups (broad SMARTS) is 1. The second kappa shape index (κ2) is 3.98. The number of aromatic nitrogens is 1. The summed E-state index contributed by atoms with van der Waals surface area (Å²) in [5.41, 5.74) is 1.56. The fourth-order valence-corrected chi connectivity index (χ4v) is 1.87. The number of halogens is 1. The molecule has 0 bridgehead atoms. The van der Waals surface area contributed by atoms with Crippen molar-refractivity contribution in [2.45, 2.75) is 6.42 Å². The fraction of sp³-hybridized carbons (Fsp3) is 0.0909. The summed E-state index contributed by atoms with van der Waals surface area (Å²) < 4.78 is 0.601. The topological polar surface area (TPSA) is 50.2 Å². The summed E-state index contributed by atoms with van der Waals surface area (Å²) in [7, 11) is 0. The van der Waals surface area contributed by atoms with Gasteiger partial charge in [0.1, 0.15) is 4.60 Å². The molecule has 76 valence electrons. The van der Waals surface area contributed by atoms with Crippen LogP contribution in [-0.4, -0.2) is 16.1 Å². The van der Waals surface area contributed by atoms with E-state index >= 15 is 0 Å². The third kappa shape index (κ3) is 2.15. The number of aliphatic carboxylic acids is 1. The molecule has 0 fully saturated rings. The minimum atomic E-state index is -0.854. The van der Waals surface area contributed by atoms with Crippen molar-refractivity contribution >= 4 is 32.8 Å². The van der Waals surface area contributed by atoms with Gasteiger partial charge in [-0.1, -0.05) is 18.2 Å². The van der Waals surface area contributed by atoms with Crippen LogP contribution in [0, 0.1) is 0 Å². The predicted molar refractivity (Wildman–Crippen MR) is 60.8 cm³/mol. The summed E-state index contributed by atoms with van der Waals surface area (Å²) in [6.45, 7) is 0. The zero-order valence-corrected chi connectivity index (χ0v) is 9.36. The van der Waals surface area contributed by atoms with Gasteiger partial charge in [-0.2, -0.15) is 0 Å². The van der Waals surface area contributed by atoms with Crippen molar-refractivity contribution in [2.24, 2.45) is 0 Å². The van der Waals surface area contributed by atoms with Crippen LogP contribution < -0.4 is 0 Å². The summed E-state index contributed by atoms with van der Waals surface area (Å²) >= 11 is 3.27. The number of rotatable bonds is 2. The highest BCUT2D eigenvalue weighted by molar-refractivity contribution is 9.10. The van der Waals surface area contributed by atoms with Gasteiger partial charge in [0, 0.05) is 5.39 Å². The van der Waals surface area contributed by atoms with Gasteiger partial charge >= 0.3 is 5.97 Å². The first-order valence-electron chi connectivity index (χ1n) is 4.43. The van der Waals surface area contributed by atoms with E-state index in [1.54, 1.807) is 0 Å². The highest BCUT2D eigenvalue weighted by atomic mass is 79.9. The van der Waals surface area contributed by atoms with E-state index in [0.29, 0.717) is 10.2 Å². The molecule has 2 aromatic rings. The lowest BCUT2D eigenvalue weighted by molar-refractivity contribution is -0.136. The lowest BCUT2D eigenvalue weighted by atomic mass is 10.1. The lowest BCUT2D eigenvalue weighted by Crippen LogP contribution is -2.01. The Bertz CT molecular complexity index is 525. The minimum Gasteiger partial charge on any atom is -0.481 e. The van der Waals surface area contributed by atoms with Gasteiger partial charge in [0.25, 0.3) is 0 Å². The fourth-order valence-electron chi connectivity index (χ4n) is 1.42. The molecule has 0 atom stereocenters. The van der Waals surface area contributed by atoms with Crippen LogP contribution in [0.15, 0.2) is 34.9 Å². The van der Waals surface area contributed by atoms with Crippen LogP contribution in [0.2, 0.25) is 0 Å². The smallest absolute Gasteiger partial charge is 0.307 e. The minimum absolute atomic E-state index is 0.0155. The van der Waals surface area contributed by atoms with Crippen molar-refractivity contribution < 1.29 is 9.90 Å². The number of benzene rings is 1. The van der Waals surface area contributed by atoms with Gasteiger partial charge in [-0.25, -0.2) is 4.98 Å². The monoisotopic (exact) mass is 265 g/mol. The quantitative estimate of drug-likeness (QED) is 0.850. The van der Waals surface area contributed by atoms with E-state index in [2.05, 4.69) is 20.9 Å². The number of nitrogens with zero attached hydrogens (tertiary/aromatic N) is 1. The van der Waals surface area contributed by atoms with Gasteiger partial charge in [0.05, 0.1) is 11.9 Å². The summed E-state index contributed by atoms with van der Waals surface area (Å²) in [6, 6.07) is 9.46. The molecule has 0 aliphatic carbocycles. The Morgan fingerprint density at radius 1 is 1.40 bits per heavy atom. The molecule has 3 nitrogen and oxygen atoms in total. The third-order valence-corrected chi connectivity index (χ3v) is 2.78. The van der Waals surface area contributed by atoms with E-state index in [-0.39, 0.29) is 6.42 Å². The number of pyridine rings is 1. The second-order valence-electron chi connectivity index (χ2n) is 3.20. The van der Waals surface area contributed by atoms with Gasteiger partial charge in [-0.05, 0) is 33.6 Å². The number of carbonyl (C=O) groups is 1. The first-order valence-corrected chi connectivity index (χ1v) is 5.22. The number of hydrogen-bond donors (Lipinski definition) is 1. The maximum atomic E-state index is 10.6. The molecule has 15 heavy (non-hydrogen) atoms. The van der Waals surface area contributed by atoms with Gasteiger partial charge in [0.2, 0.25) is 0 Å². The van der Waals surface area contributed by atoms with Crippen LogP contribution in [0.4, 0.5) is 0 Å². The normalized spacial score (nSPS) is 10.5. The average molecular weight is 266 g/mol. The first kappa shape index (κ1) is 10.1. The van der Waals surface area contributed by atoms with Crippen LogP contribution in [0.3, 0.4) is 0 Å². The third-order valence-electron chi connectivity index (χ3n) is 2.09. The van der Waals surface area contributed by atoms with E-state index in [9.17, 15) is 4.79 Å². The van der Waals surface area contributed by atoms with Crippen LogP contribution in [0.25, 0.3) is 10.9 Å². The highest BCUT2D eigenvalue weighted by Crippen LogP contribution is 2.21. The molecule has 0 unspecified atom stereocenters. The Balaban J connectivity index is 2.56. The molecule has 1 heterocycles. The molecule has 1 N–H and O–H groups in total. The largest absolute Gasteiger partial charge is 0.481 e. The lowest BCUT2D eigenvalue weighted by Gasteiger charge is -2.03.